The van der Waals surface area contributed by atoms with Crippen LogP contribution in [0.3, 0.4) is 0 Å². The van der Waals surface area contributed by atoms with Crippen LogP contribution in [0.1, 0.15) is 0 Å². The summed E-state index contributed by atoms with van der Waals surface area (Å²) in [5.74, 6) is 0. The molecule has 0 fully saturated rings. The zero-order valence-corrected chi connectivity index (χ0v) is 8.96. The van der Waals surface area contributed by atoms with Crippen molar-refractivity contribution in [3.8, 4) is 0 Å². The summed E-state index contributed by atoms with van der Waals surface area (Å²) in [5, 5.41) is 0. The Labute approximate surface area is 76.3 Å². The van der Waals surface area contributed by atoms with E-state index in [4.69, 9.17) is 9.79 Å². The van der Waals surface area contributed by atoms with Crippen molar-refractivity contribution < 1.29 is 23.9 Å². The molecule has 0 aliphatic rings. The van der Waals surface area contributed by atoms with Crippen molar-refractivity contribution in [2.45, 2.75) is 4.17 Å². The first-order valence-electron chi connectivity index (χ1n) is 2.62. The second-order valence-corrected chi connectivity index (χ2v) is 2.47. The van der Waals surface area contributed by atoms with Gasteiger partial charge in [0, 0.05) is 0 Å². The molecule has 0 radical (unpaired) electrons. The summed E-state index contributed by atoms with van der Waals surface area (Å²) in [6, 6.07) is 0. The quantitative estimate of drug-likeness (QED) is 0.440. The Hall–Kier alpha value is 0.620. The average molecular weight is 178 g/mol. The van der Waals surface area contributed by atoms with Gasteiger partial charge >= 0.3 is 45.4 Å². The van der Waals surface area contributed by atoms with Crippen LogP contribution >= 0.6 is 7.60 Å². The number of carbonyl (C=O) groups is 1. The molecule has 0 aromatic rings. The molecule has 5 nitrogen and oxygen atoms in total. The van der Waals surface area contributed by atoms with Crippen LogP contribution in [-0.2, 0) is 9.30 Å². The van der Waals surface area contributed by atoms with Crippen LogP contribution in [0.15, 0.2) is 0 Å². The topological polar surface area (TPSA) is 83.8 Å². The summed E-state index contributed by atoms with van der Waals surface area (Å²) in [7, 11) is -3.71. The van der Waals surface area contributed by atoms with E-state index in [1.54, 1.807) is 0 Å². The predicted molar refractivity (Wildman–Crippen MR) is 36.1 cm³/mol. The van der Waals surface area contributed by atoms with Gasteiger partial charge in [0.15, 0.2) is 0 Å². The van der Waals surface area contributed by atoms with E-state index in [1.807, 2.05) is 0 Å². The van der Waals surface area contributed by atoms with E-state index >= 15 is 0 Å². The first kappa shape index (κ1) is 13.2. The molecule has 0 aliphatic heterocycles. The standard InChI is InChI=1S/C2H5O5P.CH3.Na/c1-7-2(3)8(4,5)6;;/h1H3,(H2,4,5,6);1H3;. The number of hydrogen-bond acceptors (Lipinski definition) is 3. The molecule has 0 rings (SSSR count). The first-order chi connectivity index (χ1) is 4.48. The molecule has 0 amide bonds. The van der Waals surface area contributed by atoms with E-state index < -0.39 is 13.3 Å². The number of methoxy groups -OCH3 is 1. The molecule has 0 aromatic heterocycles. The minimum absolute atomic E-state index is 0.904. The number of rotatable bonds is 1. The summed E-state index contributed by atoms with van der Waals surface area (Å²) in [5.41, 5.74) is -1.50. The van der Waals surface area contributed by atoms with E-state index in [2.05, 4.69) is 8.91 Å². The summed E-state index contributed by atoms with van der Waals surface area (Å²) in [4.78, 5) is 25.7. The maximum absolute atomic E-state index is 9.85. The monoisotopic (exact) mass is 178 g/mol. The molecule has 0 spiro atoms. The minimum atomic E-state index is -4.62. The molecule has 0 aliphatic carbocycles. The van der Waals surface area contributed by atoms with Crippen LogP contribution in [0.2, 0.25) is 4.17 Å². The third-order valence-corrected chi connectivity index (χ3v) is 1.07. The molecule has 10 heavy (non-hydrogen) atoms. The van der Waals surface area contributed by atoms with Crippen LogP contribution in [0, 0.1) is 0 Å². The predicted octanol–water partition coefficient (Wildman–Crippen LogP) is 0.133. The molecule has 0 aromatic carbocycles. The third-order valence-electron chi connectivity index (χ3n) is 0.412. The molecular formula is C3H8NaO5P. The van der Waals surface area contributed by atoms with Crippen molar-refractivity contribution in [1.82, 2.24) is 0 Å². The molecular weight excluding hydrogens is 170 g/mol. The summed E-state index contributed by atoms with van der Waals surface area (Å²) < 4.78 is 15.6. The van der Waals surface area contributed by atoms with Crippen molar-refractivity contribution in [3.05, 3.63) is 0 Å². The average Bonchev–Trinajstić information content (AvgIpc) is 1.89. The van der Waals surface area contributed by atoms with Gasteiger partial charge in [0.2, 0.25) is 0 Å². The molecule has 0 atom stereocenters. The second kappa shape index (κ2) is 6.34. The van der Waals surface area contributed by atoms with E-state index in [0.29, 0.717) is 0 Å². The molecule has 2 N–H and O–H groups in total. The van der Waals surface area contributed by atoms with Gasteiger partial charge in [-0.1, -0.05) is 0 Å². The molecule has 0 saturated heterocycles. The second-order valence-electron chi connectivity index (χ2n) is 1.01. The third kappa shape index (κ3) is 6.74. The van der Waals surface area contributed by atoms with E-state index in [-0.39, 0.29) is 0 Å². The SMILES string of the molecule is COC(=O)P(=O)(O)O.[CH3][Na]. The van der Waals surface area contributed by atoms with Crippen LogP contribution in [0.25, 0.3) is 0 Å². The normalized spacial score (nSPS) is 9.40. The molecule has 0 heterocycles. The van der Waals surface area contributed by atoms with Crippen LogP contribution in [0.4, 0.5) is 4.79 Å². The van der Waals surface area contributed by atoms with E-state index in [1.165, 1.54) is 27.9 Å². The van der Waals surface area contributed by atoms with Crippen molar-refractivity contribution in [2.24, 2.45) is 0 Å². The van der Waals surface area contributed by atoms with Gasteiger partial charge in [0.1, 0.15) is 0 Å². The molecule has 7 heteroatoms. The van der Waals surface area contributed by atoms with Crippen LogP contribution in [0.5, 0.6) is 0 Å². The molecule has 0 unspecified atom stereocenters. The zero-order valence-electron chi connectivity index (χ0n) is 6.07. The van der Waals surface area contributed by atoms with Crippen molar-refractivity contribution in [2.75, 3.05) is 7.11 Å². The van der Waals surface area contributed by atoms with Gasteiger partial charge in [-0.15, -0.1) is 0 Å². The van der Waals surface area contributed by atoms with Gasteiger partial charge in [0.05, 0.1) is 7.11 Å². The van der Waals surface area contributed by atoms with Crippen LogP contribution in [-0.4, -0.2) is 50.5 Å². The van der Waals surface area contributed by atoms with Gasteiger partial charge < -0.3 is 14.5 Å². The van der Waals surface area contributed by atoms with E-state index in [0.717, 1.165) is 7.11 Å². The van der Waals surface area contributed by atoms with E-state index in [9.17, 15) is 9.36 Å². The van der Waals surface area contributed by atoms with Gasteiger partial charge in [-0.25, -0.2) is 9.36 Å². The molecule has 0 bridgehead atoms. The Kier molecular flexibility index (Phi) is 8.38. The van der Waals surface area contributed by atoms with Gasteiger partial charge in [-0.2, -0.15) is 0 Å². The zero-order chi connectivity index (χ0) is 8.78. The van der Waals surface area contributed by atoms with Crippen molar-refractivity contribution >= 4 is 41.2 Å². The molecule has 56 valence electrons. The Morgan fingerprint density at radius 1 is 1.50 bits per heavy atom. The fourth-order valence-electron chi connectivity index (χ4n) is 0.119. The summed E-state index contributed by atoms with van der Waals surface area (Å²) >= 11 is 1.31. The fraction of sp³-hybridized carbons (Fsp3) is 0.667. The Bertz CT molecular complexity index is 140. The summed E-state index contributed by atoms with van der Waals surface area (Å²) in [6.07, 6.45) is 0. The Morgan fingerprint density at radius 3 is 1.80 bits per heavy atom. The number of hydrogen-bond donors (Lipinski definition) is 2. The van der Waals surface area contributed by atoms with Crippen molar-refractivity contribution in [3.63, 3.8) is 0 Å². The van der Waals surface area contributed by atoms with Gasteiger partial charge in [-0.3, -0.25) is 0 Å². The first-order valence-corrected chi connectivity index (χ1v) is 6.24. The Balaban J connectivity index is 0. The Morgan fingerprint density at radius 2 is 1.80 bits per heavy atom. The van der Waals surface area contributed by atoms with Crippen molar-refractivity contribution in [1.29, 1.82) is 0 Å². The number of carbonyl (C=O) groups excluding carboxylic acids is 1. The van der Waals surface area contributed by atoms with Gasteiger partial charge in [0.25, 0.3) is 0 Å². The number of ether oxygens (including phenoxy) is 1. The molecule has 0 saturated carbocycles. The fourth-order valence-corrected chi connectivity index (χ4v) is 0.357. The summed E-state index contributed by atoms with van der Waals surface area (Å²) in [6.45, 7) is 0. The maximum atomic E-state index is 9.85. The van der Waals surface area contributed by atoms with Crippen LogP contribution < -0.4 is 0 Å². The van der Waals surface area contributed by atoms with Gasteiger partial charge in [-0.05, 0) is 0 Å².